The van der Waals surface area contributed by atoms with Gasteiger partial charge in [0.25, 0.3) is 0 Å². The zero-order valence-electron chi connectivity index (χ0n) is 6.76. The monoisotopic (exact) mass is 223 g/mol. The first-order valence-electron chi connectivity index (χ1n) is 4.22. The SMILES string of the molecule is N#CC1(C2C=CC(Br)=CC2)CC1. The number of hydrogen-bond donors (Lipinski definition) is 0. The number of nitriles is 1. The normalized spacial score (nSPS) is 30.7. The lowest BCUT2D eigenvalue weighted by Gasteiger charge is -2.18. The standard InChI is InChI=1S/C10H10BrN/c11-9-3-1-8(2-4-9)10(7-12)5-6-10/h1,3-4,8H,2,5-6H2. The van der Waals surface area contributed by atoms with Gasteiger partial charge in [-0.2, -0.15) is 5.26 Å². The Morgan fingerprint density at radius 3 is 2.75 bits per heavy atom. The van der Waals surface area contributed by atoms with Crippen LogP contribution in [0, 0.1) is 22.7 Å². The average molecular weight is 224 g/mol. The summed E-state index contributed by atoms with van der Waals surface area (Å²) in [6.07, 6.45) is 9.58. The first-order chi connectivity index (χ1) is 5.77. The summed E-state index contributed by atoms with van der Waals surface area (Å²) < 4.78 is 1.15. The van der Waals surface area contributed by atoms with Crippen LogP contribution < -0.4 is 0 Å². The van der Waals surface area contributed by atoms with Crippen molar-refractivity contribution in [3.8, 4) is 6.07 Å². The smallest absolute Gasteiger partial charge is 0.0696 e. The van der Waals surface area contributed by atoms with Crippen LogP contribution in [-0.2, 0) is 0 Å². The summed E-state index contributed by atoms with van der Waals surface area (Å²) in [5.41, 5.74) is 0.000694. The maximum atomic E-state index is 8.96. The average Bonchev–Trinajstić information content (AvgIpc) is 2.86. The summed E-state index contributed by atoms with van der Waals surface area (Å²) in [6.45, 7) is 0. The second-order valence-corrected chi connectivity index (χ2v) is 4.47. The summed E-state index contributed by atoms with van der Waals surface area (Å²) >= 11 is 3.42. The van der Waals surface area contributed by atoms with Gasteiger partial charge in [-0.05, 0) is 25.2 Å². The molecule has 1 fully saturated rings. The fraction of sp³-hybridized carbons (Fsp3) is 0.500. The fourth-order valence-corrected chi connectivity index (χ4v) is 2.04. The molecule has 0 saturated heterocycles. The lowest BCUT2D eigenvalue weighted by molar-refractivity contribution is 0.470. The van der Waals surface area contributed by atoms with E-state index in [0.29, 0.717) is 5.92 Å². The molecule has 0 aliphatic heterocycles. The van der Waals surface area contributed by atoms with Crippen molar-refractivity contribution in [1.29, 1.82) is 5.26 Å². The summed E-state index contributed by atoms with van der Waals surface area (Å²) in [6, 6.07) is 2.44. The van der Waals surface area contributed by atoms with Gasteiger partial charge in [-0.1, -0.05) is 34.2 Å². The molecule has 0 bridgehead atoms. The topological polar surface area (TPSA) is 23.8 Å². The zero-order valence-corrected chi connectivity index (χ0v) is 8.34. The molecule has 1 unspecified atom stereocenters. The molecule has 1 nitrogen and oxygen atoms in total. The molecule has 2 aliphatic rings. The van der Waals surface area contributed by atoms with Crippen LogP contribution in [0.25, 0.3) is 0 Å². The third kappa shape index (κ3) is 1.23. The van der Waals surface area contributed by atoms with Crippen LogP contribution in [0.15, 0.2) is 22.7 Å². The molecule has 0 radical (unpaired) electrons. The van der Waals surface area contributed by atoms with Crippen LogP contribution in [0.5, 0.6) is 0 Å². The second kappa shape index (κ2) is 2.74. The first-order valence-corrected chi connectivity index (χ1v) is 5.01. The van der Waals surface area contributed by atoms with Crippen molar-refractivity contribution in [2.75, 3.05) is 0 Å². The predicted molar refractivity (Wildman–Crippen MR) is 51.5 cm³/mol. The molecule has 0 aromatic rings. The molecule has 2 heteroatoms. The number of rotatable bonds is 1. The van der Waals surface area contributed by atoms with Gasteiger partial charge in [-0.15, -0.1) is 0 Å². The first kappa shape index (κ1) is 8.07. The van der Waals surface area contributed by atoms with Gasteiger partial charge in [0, 0.05) is 4.48 Å². The number of allylic oxidation sites excluding steroid dienone is 4. The van der Waals surface area contributed by atoms with E-state index in [-0.39, 0.29) is 5.41 Å². The highest BCUT2D eigenvalue weighted by Crippen LogP contribution is 2.54. The number of halogens is 1. The minimum atomic E-state index is 0.000694. The third-order valence-corrected chi connectivity index (χ3v) is 3.36. The van der Waals surface area contributed by atoms with E-state index in [1.54, 1.807) is 0 Å². The molecule has 0 aromatic heterocycles. The molecule has 12 heavy (non-hydrogen) atoms. The molecule has 0 amide bonds. The maximum Gasteiger partial charge on any atom is 0.0696 e. The highest BCUT2D eigenvalue weighted by Gasteiger charge is 2.48. The van der Waals surface area contributed by atoms with E-state index in [2.05, 4.69) is 40.2 Å². The second-order valence-electron chi connectivity index (χ2n) is 3.56. The van der Waals surface area contributed by atoms with Crippen molar-refractivity contribution in [1.82, 2.24) is 0 Å². The van der Waals surface area contributed by atoms with Gasteiger partial charge in [0.15, 0.2) is 0 Å². The van der Waals surface area contributed by atoms with Gasteiger partial charge < -0.3 is 0 Å². The van der Waals surface area contributed by atoms with Gasteiger partial charge >= 0.3 is 0 Å². The van der Waals surface area contributed by atoms with Gasteiger partial charge in [0.1, 0.15) is 0 Å². The lowest BCUT2D eigenvalue weighted by atomic mass is 9.85. The van der Waals surface area contributed by atoms with E-state index in [4.69, 9.17) is 5.26 Å². The van der Waals surface area contributed by atoms with E-state index in [9.17, 15) is 0 Å². The van der Waals surface area contributed by atoms with Crippen LogP contribution in [0.1, 0.15) is 19.3 Å². The van der Waals surface area contributed by atoms with Gasteiger partial charge in [0.2, 0.25) is 0 Å². The summed E-state index contributed by atoms with van der Waals surface area (Å²) in [7, 11) is 0. The molecular formula is C10H10BrN. The van der Waals surface area contributed by atoms with Gasteiger partial charge in [-0.25, -0.2) is 0 Å². The molecule has 1 atom stereocenters. The van der Waals surface area contributed by atoms with Crippen molar-refractivity contribution >= 4 is 15.9 Å². The highest BCUT2D eigenvalue weighted by molar-refractivity contribution is 9.11. The Hall–Kier alpha value is -0.550. The predicted octanol–water partition coefficient (Wildman–Crippen LogP) is 3.15. The summed E-state index contributed by atoms with van der Waals surface area (Å²) in [5.74, 6) is 0.462. The molecule has 0 heterocycles. The molecule has 0 N–H and O–H groups in total. The van der Waals surface area contributed by atoms with E-state index in [1.165, 1.54) is 0 Å². The summed E-state index contributed by atoms with van der Waals surface area (Å²) in [5, 5.41) is 8.96. The molecular weight excluding hydrogens is 214 g/mol. The van der Waals surface area contributed by atoms with Crippen LogP contribution >= 0.6 is 15.9 Å². The molecule has 62 valence electrons. The van der Waals surface area contributed by atoms with Gasteiger partial charge in [-0.3, -0.25) is 0 Å². The Balaban J connectivity index is 2.11. The molecule has 0 aromatic carbocycles. The van der Waals surface area contributed by atoms with E-state index in [1.807, 2.05) is 0 Å². The van der Waals surface area contributed by atoms with Crippen molar-refractivity contribution in [3.63, 3.8) is 0 Å². The maximum absolute atomic E-state index is 8.96. The highest BCUT2D eigenvalue weighted by atomic mass is 79.9. The van der Waals surface area contributed by atoms with Crippen molar-refractivity contribution < 1.29 is 0 Å². The number of hydrogen-bond acceptors (Lipinski definition) is 1. The van der Waals surface area contributed by atoms with Crippen LogP contribution in [0.4, 0.5) is 0 Å². The minimum absolute atomic E-state index is 0.000694. The van der Waals surface area contributed by atoms with Crippen molar-refractivity contribution in [2.24, 2.45) is 11.3 Å². The van der Waals surface area contributed by atoms with Crippen LogP contribution in [0.3, 0.4) is 0 Å². The Bertz CT molecular complexity index is 291. The largest absolute Gasteiger partial charge is 0.198 e. The third-order valence-electron chi connectivity index (χ3n) is 2.78. The Labute approximate surface area is 80.9 Å². The lowest BCUT2D eigenvalue weighted by Crippen LogP contribution is -2.12. The number of nitrogens with zero attached hydrogens (tertiary/aromatic N) is 1. The molecule has 0 spiro atoms. The fourth-order valence-electron chi connectivity index (χ4n) is 1.70. The Morgan fingerprint density at radius 2 is 2.33 bits per heavy atom. The minimum Gasteiger partial charge on any atom is -0.198 e. The van der Waals surface area contributed by atoms with Gasteiger partial charge in [0.05, 0.1) is 11.5 Å². The van der Waals surface area contributed by atoms with Crippen molar-refractivity contribution in [2.45, 2.75) is 19.3 Å². The van der Waals surface area contributed by atoms with Crippen LogP contribution in [0.2, 0.25) is 0 Å². The Kier molecular flexibility index (Phi) is 1.84. The molecule has 2 rings (SSSR count). The summed E-state index contributed by atoms with van der Waals surface area (Å²) in [4.78, 5) is 0. The zero-order chi connectivity index (χ0) is 8.60. The Morgan fingerprint density at radius 1 is 1.58 bits per heavy atom. The van der Waals surface area contributed by atoms with E-state index >= 15 is 0 Å². The van der Waals surface area contributed by atoms with Crippen molar-refractivity contribution in [3.05, 3.63) is 22.7 Å². The quantitative estimate of drug-likeness (QED) is 0.671. The molecule has 1 saturated carbocycles. The van der Waals surface area contributed by atoms with E-state index < -0.39 is 0 Å². The van der Waals surface area contributed by atoms with E-state index in [0.717, 1.165) is 23.7 Å². The molecule has 2 aliphatic carbocycles. The van der Waals surface area contributed by atoms with Crippen LogP contribution in [-0.4, -0.2) is 0 Å².